The highest BCUT2D eigenvalue weighted by Gasteiger charge is 2.36. The predicted molar refractivity (Wildman–Crippen MR) is 189 cm³/mol. The van der Waals surface area contributed by atoms with E-state index in [1.165, 1.54) is 6.07 Å². The Bertz CT molecular complexity index is 2100. The number of sulfone groups is 1. The second kappa shape index (κ2) is 13.2. The molecular weight excluding hydrogens is 679 g/mol. The topological polar surface area (TPSA) is 153 Å². The Morgan fingerprint density at radius 3 is 2.47 bits per heavy atom. The molecule has 0 aliphatic carbocycles. The summed E-state index contributed by atoms with van der Waals surface area (Å²) in [5.41, 5.74) is 3.73. The van der Waals surface area contributed by atoms with Crippen LogP contribution in [0, 0.1) is 19.7 Å². The number of halogens is 1. The molecule has 0 bridgehead atoms. The predicted octanol–water partition coefficient (Wildman–Crippen LogP) is 5.01. The summed E-state index contributed by atoms with van der Waals surface area (Å²) < 4.78 is 59.6. The molecule has 0 amide bonds. The van der Waals surface area contributed by atoms with Crippen molar-refractivity contribution in [3.8, 4) is 28.5 Å². The van der Waals surface area contributed by atoms with Crippen LogP contribution in [0.15, 0.2) is 16.5 Å². The number of ether oxygens (including phenoxy) is 2. The fourth-order valence-electron chi connectivity index (χ4n) is 7.74. The molecule has 3 aromatic heterocycles. The van der Waals surface area contributed by atoms with Crippen LogP contribution in [-0.2, 0) is 32.8 Å². The van der Waals surface area contributed by atoms with Crippen molar-refractivity contribution in [1.82, 2.24) is 24.6 Å². The van der Waals surface area contributed by atoms with Crippen LogP contribution in [0.1, 0.15) is 68.5 Å². The molecule has 1 atom stereocenters. The van der Waals surface area contributed by atoms with Gasteiger partial charge in [-0.3, -0.25) is 4.90 Å². The molecule has 3 aliphatic heterocycles. The third-order valence-electron chi connectivity index (χ3n) is 10.3. The highest BCUT2D eigenvalue weighted by molar-refractivity contribution is 7.91. The summed E-state index contributed by atoms with van der Waals surface area (Å²) >= 11 is 0. The number of hydrogen-bond donors (Lipinski definition) is 1. The molecule has 51 heavy (non-hydrogen) atoms. The van der Waals surface area contributed by atoms with Crippen molar-refractivity contribution < 1.29 is 36.6 Å². The van der Waals surface area contributed by atoms with E-state index in [-0.39, 0.29) is 23.1 Å². The number of benzene rings is 1. The summed E-state index contributed by atoms with van der Waals surface area (Å²) in [7, 11) is -1.11. The lowest BCUT2D eigenvalue weighted by Crippen LogP contribution is -2.50. The Balaban J connectivity index is 1.29. The van der Waals surface area contributed by atoms with Gasteiger partial charge in [0.1, 0.15) is 11.3 Å². The van der Waals surface area contributed by atoms with Gasteiger partial charge in [-0.25, -0.2) is 22.6 Å². The quantitative estimate of drug-likeness (QED) is 0.273. The van der Waals surface area contributed by atoms with Crippen LogP contribution in [0.3, 0.4) is 0 Å². The zero-order valence-corrected chi connectivity index (χ0v) is 30.8. The lowest BCUT2D eigenvalue weighted by Gasteiger charge is -2.39. The van der Waals surface area contributed by atoms with Crippen molar-refractivity contribution >= 4 is 32.9 Å². The molecule has 1 aromatic carbocycles. The van der Waals surface area contributed by atoms with Crippen LogP contribution in [-0.4, -0.2) is 100 Å². The number of nitrogens with zero attached hydrogens (tertiary/aromatic N) is 6. The number of fused-ring (bicyclic) bond motifs is 2. The maximum atomic E-state index is 15.8. The van der Waals surface area contributed by atoms with Crippen molar-refractivity contribution in [2.24, 2.45) is 7.05 Å². The van der Waals surface area contributed by atoms with Gasteiger partial charge in [-0.05, 0) is 83.6 Å². The Hall–Kier alpha value is -4.08. The summed E-state index contributed by atoms with van der Waals surface area (Å²) in [6.07, 6.45) is 1.70. The van der Waals surface area contributed by atoms with Gasteiger partial charge < -0.3 is 28.5 Å². The largest absolute Gasteiger partial charge is 0.490 e. The molecule has 274 valence electrons. The monoisotopic (exact) mass is 724 g/mol. The number of rotatable bonds is 7. The SMILES string of the molecule is Cc1nc2c(cc(-c3nnc(N4CCC(N5CCS(=O)(=O)CC5)CC4)o3)n2C)c(-c2cc(F)c3c(c2C)CCCO3)c1[C@H](OC(C)(C)C)C(=O)O. The van der Waals surface area contributed by atoms with E-state index in [1.54, 1.807) is 27.7 Å². The van der Waals surface area contributed by atoms with Crippen molar-refractivity contribution in [3.63, 3.8) is 0 Å². The van der Waals surface area contributed by atoms with E-state index in [1.807, 2.05) is 29.5 Å². The Kier molecular flexibility index (Phi) is 9.11. The van der Waals surface area contributed by atoms with E-state index in [9.17, 15) is 18.3 Å². The van der Waals surface area contributed by atoms with Gasteiger partial charge in [0.2, 0.25) is 0 Å². The Morgan fingerprint density at radius 1 is 1.10 bits per heavy atom. The van der Waals surface area contributed by atoms with Gasteiger partial charge in [-0.2, -0.15) is 0 Å². The molecule has 0 saturated carbocycles. The van der Waals surface area contributed by atoms with Crippen molar-refractivity contribution in [1.29, 1.82) is 0 Å². The van der Waals surface area contributed by atoms with Crippen molar-refractivity contribution in [2.75, 3.05) is 49.2 Å². The number of aliphatic carboxylic acids is 1. The van der Waals surface area contributed by atoms with E-state index >= 15 is 4.39 Å². The molecule has 0 spiro atoms. The number of hydrogen-bond acceptors (Lipinski definition) is 11. The van der Waals surface area contributed by atoms with E-state index in [4.69, 9.17) is 18.9 Å². The lowest BCUT2D eigenvalue weighted by atomic mass is 9.86. The molecule has 13 nitrogen and oxygen atoms in total. The zero-order valence-electron chi connectivity index (χ0n) is 30.0. The minimum absolute atomic E-state index is 0.207. The molecule has 0 radical (unpaired) electrons. The number of anilines is 1. The van der Waals surface area contributed by atoms with Crippen LogP contribution in [0.2, 0.25) is 0 Å². The number of aryl methyl sites for hydroxylation is 2. The first-order valence-corrected chi connectivity index (χ1v) is 19.3. The average molecular weight is 725 g/mol. The van der Waals surface area contributed by atoms with Crippen LogP contribution >= 0.6 is 0 Å². The molecule has 0 unspecified atom stereocenters. The number of carbonyl (C=O) groups is 1. The summed E-state index contributed by atoms with van der Waals surface area (Å²) in [6, 6.07) is 3.96. The second-order valence-electron chi connectivity index (χ2n) is 14.8. The minimum atomic E-state index is -2.94. The first kappa shape index (κ1) is 35.3. The van der Waals surface area contributed by atoms with Gasteiger partial charge in [0.05, 0.1) is 23.7 Å². The second-order valence-corrected chi connectivity index (χ2v) is 17.2. The van der Waals surface area contributed by atoms with Crippen LogP contribution in [0.5, 0.6) is 5.75 Å². The molecule has 15 heteroatoms. The fraction of sp³-hybridized carbons (Fsp3) is 0.556. The Labute approximate surface area is 296 Å². The Morgan fingerprint density at radius 2 is 1.80 bits per heavy atom. The van der Waals surface area contributed by atoms with Gasteiger partial charge in [0.15, 0.2) is 27.5 Å². The first-order valence-electron chi connectivity index (χ1n) is 17.5. The molecule has 7 rings (SSSR count). The van der Waals surface area contributed by atoms with Crippen molar-refractivity contribution in [2.45, 2.75) is 78.0 Å². The number of carboxylic acid groups (broad SMARTS) is 1. The molecule has 2 fully saturated rings. The third-order valence-corrected chi connectivity index (χ3v) is 11.9. The highest BCUT2D eigenvalue weighted by atomic mass is 32.2. The summed E-state index contributed by atoms with van der Waals surface area (Å²) in [5, 5.41) is 19.9. The smallest absolute Gasteiger partial charge is 0.337 e. The number of aromatic nitrogens is 4. The van der Waals surface area contributed by atoms with Crippen molar-refractivity contribution in [3.05, 3.63) is 40.3 Å². The third kappa shape index (κ3) is 6.71. The minimum Gasteiger partial charge on any atom is -0.490 e. The van der Waals surface area contributed by atoms with Crippen LogP contribution in [0.4, 0.5) is 10.4 Å². The molecule has 4 aromatic rings. The average Bonchev–Trinajstić information content (AvgIpc) is 3.69. The number of pyridine rings is 1. The summed E-state index contributed by atoms with van der Waals surface area (Å²) in [5.74, 6) is -0.762. The van der Waals surface area contributed by atoms with E-state index < -0.39 is 33.3 Å². The molecule has 6 heterocycles. The van der Waals surface area contributed by atoms with Gasteiger partial charge in [0.25, 0.3) is 5.89 Å². The summed E-state index contributed by atoms with van der Waals surface area (Å²) in [4.78, 5) is 22.1. The van der Waals surface area contributed by atoms with Crippen LogP contribution < -0.4 is 9.64 Å². The maximum absolute atomic E-state index is 15.8. The number of piperidine rings is 1. The first-order chi connectivity index (χ1) is 24.1. The van der Waals surface area contributed by atoms with Gasteiger partial charge in [0, 0.05) is 67.0 Å². The molecule has 2 saturated heterocycles. The zero-order chi connectivity index (χ0) is 36.4. The standard InChI is InChI=1S/C36H45FN6O7S/c1-20-23-8-7-15-48-30(23)26(37)18-24(20)29-25-19-27(41(6)32(25)38-21(2)28(29)31(34(44)45)50-36(3,4)5)33-39-40-35(49-33)43-11-9-22(10-12-43)42-13-16-51(46,47)17-14-42/h18-19,22,31H,7-17H2,1-6H3,(H,44,45)/t31-/m0/s1. The van der Waals surface area contributed by atoms with E-state index in [0.717, 1.165) is 30.4 Å². The molecule has 3 aliphatic rings. The maximum Gasteiger partial charge on any atom is 0.337 e. The normalized spacial score (nSPS) is 19.2. The highest BCUT2D eigenvalue weighted by Crippen LogP contribution is 2.45. The van der Waals surface area contributed by atoms with Crippen LogP contribution in [0.25, 0.3) is 33.7 Å². The van der Waals surface area contributed by atoms with Gasteiger partial charge in [-0.1, -0.05) is 5.10 Å². The number of carboxylic acids is 1. The van der Waals surface area contributed by atoms with E-state index in [0.29, 0.717) is 90.4 Å². The fourth-order valence-corrected chi connectivity index (χ4v) is 8.97. The molecule has 1 N–H and O–H groups in total. The lowest BCUT2D eigenvalue weighted by molar-refractivity contribution is -0.160. The van der Waals surface area contributed by atoms with E-state index in [2.05, 4.69) is 15.1 Å². The summed E-state index contributed by atoms with van der Waals surface area (Å²) in [6.45, 7) is 12.0. The van der Waals surface area contributed by atoms with Gasteiger partial charge in [-0.15, -0.1) is 5.10 Å². The van der Waals surface area contributed by atoms with Gasteiger partial charge >= 0.3 is 12.0 Å². The molecular formula is C36H45FN6O7S.